The Kier molecular flexibility index (Phi) is 9.72. The summed E-state index contributed by atoms with van der Waals surface area (Å²) in [5.74, 6) is 0.295. The first-order valence-corrected chi connectivity index (χ1v) is 13.1. The van der Waals surface area contributed by atoms with Gasteiger partial charge < -0.3 is 18.9 Å². The van der Waals surface area contributed by atoms with Crippen molar-refractivity contribution in [2.75, 3.05) is 13.2 Å². The standard InChI is InChI=1S/C34H32O6/c1-4-24-21-29(37-22-30(39-32(35)5-2)25-15-9-7-10-16-25)27-19-13-14-20-28(27)34(24)38-23-31(40-33(36)6-3)26-17-11-8-12-18-26/h5-21,30-31H,2-4,22-23H2,1H3. The number of carbonyl (C=O) groups excluding carboxylic acids is 2. The molecule has 4 aromatic rings. The lowest BCUT2D eigenvalue weighted by Crippen LogP contribution is -2.18. The molecule has 0 amide bonds. The van der Waals surface area contributed by atoms with Crippen molar-refractivity contribution in [3.8, 4) is 11.5 Å². The molecule has 0 radical (unpaired) electrons. The third kappa shape index (κ3) is 6.97. The minimum absolute atomic E-state index is 0.116. The normalized spacial score (nSPS) is 12.1. The molecule has 6 heteroatoms. The Bertz CT molecular complexity index is 1460. The summed E-state index contributed by atoms with van der Waals surface area (Å²) in [6.07, 6.45) is 1.73. The predicted octanol–water partition coefficient (Wildman–Crippen LogP) is 7.10. The number of fused-ring (bicyclic) bond motifs is 1. The topological polar surface area (TPSA) is 71.1 Å². The van der Waals surface area contributed by atoms with Crippen LogP contribution in [0, 0.1) is 0 Å². The van der Waals surface area contributed by atoms with Gasteiger partial charge in [-0.05, 0) is 29.2 Å². The Morgan fingerprint density at radius 2 is 1.18 bits per heavy atom. The molecule has 0 aliphatic carbocycles. The summed E-state index contributed by atoms with van der Waals surface area (Å²) in [5, 5.41) is 1.70. The third-order valence-electron chi connectivity index (χ3n) is 6.38. The minimum Gasteiger partial charge on any atom is -0.489 e. The summed E-state index contributed by atoms with van der Waals surface area (Å²) in [7, 11) is 0. The maximum Gasteiger partial charge on any atom is 0.330 e. The maximum atomic E-state index is 12.1. The zero-order chi connectivity index (χ0) is 28.3. The lowest BCUT2D eigenvalue weighted by molar-refractivity contribution is -0.145. The number of carbonyl (C=O) groups is 2. The van der Waals surface area contributed by atoms with Gasteiger partial charge in [-0.3, -0.25) is 0 Å². The minimum atomic E-state index is -0.614. The summed E-state index contributed by atoms with van der Waals surface area (Å²) in [6.45, 7) is 9.29. The molecule has 0 bridgehead atoms. The van der Waals surface area contributed by atoms with Crippen molar-refractivity contribution in [1.82, 2.24) is 0 Å². The second kappa shape index (κ2) is 13.8. The Balaban J connectivity index is 1.63. The van der Waals surface area contributed by atoms with Crippen molar-refractivity contribution >= 4 is 22.7 Å². The van der Waals surface area contributed by atoms with Gasteiger partial charge in [-0.1, -0.05) is 105 Å². The van der Waals surface area contributed by atoms with Gasteiger partial charge in [-0.25, -0.2) is 9.59 Å². The molecule has 0 heterocycles. The summed E-state index contributed by atoms with van der Waals surface area (Å²) >= 11 is 0. The molecule has 2 unspecified atom stereocenters. The van der Waals surface area contributed by atoms with Gasteiger partial charge in [-0.15, -0.1) is 0 Å². The first kappa shape index (κ1) is 28.2. The van der Waals surface area contributed by atoms with Crippen LogP contribution in [0.4, 0.5) is 0 Å². The Hall–Kier alpha value is -4.84. The zero-order valence-electron chi connectivity index (χ0n) is 22.5. The smallest absolute Gasteiger partial charge is 0.330 e. The van der Waals surface area contributed by atoms with Crippen molar-refractivity contribution in [1.29, 1.82) is 0 Å². The van der Waals surface area contributed by atoms with Crippen LogP contribution in [0.3, 0.4) is 0 Å². The monoisotopic (exact) mass is 536 g/mol. The Labute approximate surface area is 234 Å². The van der Waals surface area contributed by atoms with E-state index in [0.717, 1.165) is 39.6 Å². The fourth-order valence-corrected chi connectivity index (χ4v) is 4.36. The SMILES string of the molecule is C=CC(=O)OC(COc1cc(CC)c(OCC(OC(=O)C=C)c2ccccc2)c2ccccc12)c1ccccc1. The average Bonchev–Trinajstić information content (AvgIpc) is 3.01. The summed E-state index contributed by atoms with van der Waals surface area (Å²) in [5.41, 5.74) is 2.56. The van der Waals surface area contributed by atoms with E-state index in [0.29, 0.717) is 17.9 Å². The number of aryl methyl sites for hydroxylation is 1. The molecular weight excluding hydrogens is 504 g/mol. The zero-order valence-corrected chi connectivity index (χ0v) is 22.5. The fourth-order valence-electron chi connectivity index (χ4n) is 4.36. The number of ether oxygens (including phenoxy) is 4. The molecule has 0 saturated carbocycles. The number of esters is 2. The van der Waals surface area contributed by atoms with Crippen LogP contribution in [0.1, 0.15) is 35.8 Å². The van der Waals surface area contributed by atoms with Crippen LogP contribution in [-0.2, 0) is 25.5 Å². The molecule has 0 fully saturated rings. The maximum absolute atomic E-state index is 12.1. The van der Waals surface area contributed by atoms with Crippen LogP contribution in [0.15, 0.2) is 116 Å². The van der Waals surface area contributed by atoms with Gasteiger partial charge in [0.05, 0.1) is 0 Å². The summed E-state index contributed by atoms with van der Waals surface area (Å²) < 4.78 is 23.9. The summed E-state index contributed by atoms with van der Waals surface area (Å²) in [6, 6.07) is 28.6. The van der Waals surface area contributed by atoms with E-state index < -0.39 is 24.1 Å². The first-order valence-electron chi connectivity index (χ1n) is 13.1. The fraction of sp³-hybridized carbons (Fsp3) is 0.176. The molecule has 40 heavy (non-hydrogen) atoms. The van der Waals surface area contributed by atoms with Gasteiger partial charge in [0.2, 0.25) is 0 Å². The van der Waals surface area contributed by atoms with Crippen LogP contribution in [0.2, 0.25) is 0 Å². The molecule has 204 valence electrons. The van der Waals surface area contributed by atoms with Crippen LogP contribution >= 0.6 is 0 Å². The molecule has 0 aliphatic heterocycles. The molecule has 0 spiro atoms. The highest BCUT2D eigenvalue weighted by Gasteiger charge is 2.21. The van der Waals surface area contributed by atoms with Gasteiger partial charge in [-0.2, -0.15) is 0 Å². The van der Waals surface area contributed by atoms with Crippen LogP contribution in [0.25, 0.3) is 10.8 Å². The van der Waals surface area contributed by atoms with Gasteiger partial charge in [0, 0.05) is 22.9 Å². The number of rotatable bonds is 13. The highest BCUT2D eigenvalue weighted by atomic mass is 16.6. The lowest BCUT2D eigenvalue weighted by atomic mass is 10.0. The molecule has 4 aromatic carbocycles. The number of benzene rings is 4. The molecule has 0 N–H and O–H groups in total. The van der Waals surface area contributed by atoms with E-state index in [1.165, 1.54) is 0 Å². The van der Waals surface area contributed by atoms with E-state index in [2.05, 4.69) is 13.2 Å². The van der Waals surface area contributed by atoms with Gasteiger partial charge in [0.25, 0.3) is 0 Å². The van der Waals surface area contributed by atoms with Crippen LogP contribution in [-0.4, -0.2) is 25.2 Å². The van der Waals surface area contributed by atoms with E-state index in [9.17, 15) is 9.59 Å². The molecular formula is C34H32O6. The summed E-state index contributed by atoms with van der Waals surface area (Å²) in [4.78, 5) is 24.1. The van der Waals surface area contributed by atoms with Crippen molar-refractivity contribution in [2.24, 2.45) is 0 Å². The lowest BCUT2D eigenvalue weighted by Gasteiger charge is -2.22. The Morgan fingerprint density at radius 3 is 1.68 bits per heavy atom. The Morgan fingerprint density at radius 1 is 0.700 bits per heavy atom. The number of hydrogen-bond acceptors (Lipinski definition) is 6. The van der Waals surface area contributed by atoms with E-state index in [1.54, 1.807) is 0 Å². The predicted molar refractivity (Wildman–Crippen MR) is 155 cm³/mol. The van der Waals surface area contributed by atoms with Crippen molar-refractivity contribution in [3.63, 3.8) is 0 Å². The molecule has 4 rings (SSSR count). The van der Waals surface area contributed by atoms with Crippen molar-refractivity contribution < 1.29 is 28.5 Å². The second-order valence-electron chi connectivity index (χ2n) is 8.96. The largest absolute Gasteiger partial charge is 0.489 e. The molecule has 6 nitrogen and oxygen atoms in total. The van der Waals surface area contributed by atoms with Crippen molar-refractivity contribution in [2.45, 2.75) is 25.6 Å². The number of hydrogen-bond donors (Lipinski definition) is 0. The van der Waals surface area contributed by atoms with E-state index in [4.69, 9.17) is 18.9 Å². The molecule has 0 saturated heterocycles. The molecule has 0 aliphatic rings. The second-order valence-corrected chi connectivity index (χ2v) is 8.96. The van der Waals surface area contributed by atoms with Gasteiger partial charge >= 0.3 is 11.9 Å². The van der Waals surface area contributed by atoms with Crippen LogP contribution < -0.4 is 9.47 Å². The molecule has 0 aromatic heterocycles. The van der Waals surface area contributed by atoms with Gasteiger partial charge in [0.1, 0.15) is 24.7 Å². The molecule has 2 atom stereocenters. The average molecular weight is 537 g/mol. The van der Waals surface area contributed by atoms with Crippen molar-refractivity contribution in [3.05, 3.63) is 133 Å². The van der Waals surface area contributed by atoms with E-state index in [1.807, 2.05) is 97.9 Å². The third-order valence-corrected chi connectivity index (χ3v) is 6.38. The first-order chi connectivity index (χ1) is 19.5. The van der Waals surface area contributed by atoms with Gasteiger partial charge in [0.15, 0.2) is 12.2 Å². The highest BCUT2D eigenvalue weighted by Crippen LogP contribution is 2.38. The van der Waals surface area contributed by atoms with E-state index >= 15 is 0 Å². The van der Waals surface area contributed by atoms with Crippen LogP contribution in [0.5, 0.6) is 11.5 Å². The quantitative estimate of drug-likeness (QED) is 0.134. The van der Waals surface area contributed by atoms with E-state index in [-0.39, 0.29) is 13.2 Å². The highest BCUT2D eigenvalue weighted by molar-refractivity contribution is 5.94.